The van der Waals surface area contributed by atoms with E-state index in [0.29, 0.717) is 0 Å². The third-order valence-corrected chi connectivity index (χ3v) is 2.60. The molecule has 0 aromatic carbocycles. The Morgan fingerprint density at radius 1 is 1.46 bits per heavy atom. The summed E-state index contributed by atoms with van der Waals surface area (Å²) in [7, 11) is 0. The second kappa shape index (κ2) is 5.22. The van der Waals surface area contributed by atoms with Crippen molar-refractivity contribution in [3.05, 3.63) is 0 Å². The molecule has 0 unspecified atom stereocenters. The molecular formula is C10H20N2O. The second-order valence-electron chi connectivity index (χ2n) is 3.78. The van der Waals surface area contributed by atoms with Crippen LogP contribution in [0.4, 0.5) is 0 Å². The van der Waals surface area contributed by atoms with E-state index < -0.39 is 0 Å². The van der Waals surface area contributed by atoms with Crippen molar-refractivity contribution >= 4 is 5.91 Å². The zero-order chi connectivity index (χ0) is 9.68. The largest absolute Gasteiger partial charge is 0.341 e. The maximum atomic E-state index is 11.5. The van der Waals surface area contributed by atoms with E-state index in [0.717, 1.165) is 32.4 Å². The van der Waals surface area contributed by atoms with E-state index in [9.17, 15) is 4.79 Å². The summed E-state index contributed by atoms with van der Waals surface area (Å²) in [6.07, 6.45) is 5.44. The first kappa shape index (κ1) is 10.5. The predicted octanol–water partition coefficient (Wildman–Crippen LogP) is 1.13. The van der Waals surface area contributed by atoms with E-state index in [1.165, 1.54) is 12.8 Å². The number of amides is 1. The lowest BCUT2D eigenvalue weighted by Gasteiger charge is -2.33. The number of rotatable bonds is 5. The quantitative estimate of drug-likeness (QED) is 0.651. The zero-order valence-corrected chi connectivity index (χ0v) is 8.46. The molecule has 1 fully saturated rings. The van der Waals surface area contributed by atoms with Crippen molar-refractivity contribution in [1.29, 1.82) is 0 Å². The molecule has 1 saturated heterocycles. The topological polar surface area (TPSA) is 46.3 Å². The van der Waals surface area contributed by atoms with Gasteiger partial charge >= 0.3 is 0 Å². The first-order valence-corrected chi connectivity index (χ1v) is 5.30. The van der Waals surface area contributed by atoms with Crippen LogP contribution in [0.25, 0.3) is 0 Å². The molecule has 0 spiro atoms. The van der Waals surface area contributed by atoms with E-state index in [2.05, 4.69) is 6.92 Å². The van der Waals surface area contributed by atoms with Gasteiger partial charge in [-0.1, -0.05) is 26.2 Å². The molecule has 3 heteroatoms. The molecule has 76 valence electrons. The molecule has 0 bridgehead atoms. The SMILES string of the molecule is CCCCC[C@H](N)C(=O)N1CCC1. The van der Waals surface area contributed by atoms with Crippen LogP contribution < -0.4 is 5.73 Å². The van der Waals surface area contributed by atoms with Gasteiger partial charge in [0.1, 0.15) is 0 Å². The summed E-state index contributed by atoms with van der Waals surface area (Å²) < 4.78 is 0. The third-order valence-electron chi connectivity index (χ3n) is 2.60. The standard InChI is InChI=1S/C10H20N2O/c1-2-3-4-6-9(11)10(13)12-7-5-8-12/h9H,2-8,11H2,1H3/t9-/m0/s1. The first-order chi connectivity index (χ1) is 6.25. The minimum atomic E-state index is -0.244. The Bertz CT molecular complexity index is 166. The summed E-state index contributed by atoms with van der Waals surface area (Å²) in [6.45, 7) is 3.99. The fourth-order valence-electron chi connectivity index (χ4n) is 1.51. The van der Waals surface area contributed by atoms with E-state index in [-0.39, 0.29) is 11.9 Å². The molecule has 0 aromatic rings. The lowest BCUT2D eigenvalue weighted by Crippen LogP contribution is -2.50. The molecule has 1 heterocycles. The Morgan fingerprint density at radius 3 is 2.62 bits per heavy atom. The molecule has 1 atom stereocenters. The fourth-order valence-corrected chi connectivity index (χ4v) is 1.51. The number of nitrogens with two attached hydrogens (primary N) is 1. The Morgan fingerprint density at radius 2 is 2.15 bits per heavy atom. The Kier molecular flexibility index (Phi) is 4.22. The average Bonchev–Trinajstić information content (AvgIpc) is 2.01. The zero-order valence-electron chi connectivity index (χ0n) is 8.46. The molecule has 2 N–H and O–H groups in total. The molecule has 1 aliphatic rings. The number of likely N-dealkylation sites (tertiary alicyclic amines) is 1. The first-order valence-electron chi connectivity index (χ1n) is 5.30. The highest BCUT2D eigenvalue weighted by Crippen LogP contribution is 2.10. The molecule has 0 radical (unpaired) electrons. The predicted molar refractivity (Wildman–Crippen MR) is 53.3 cm³/mol. The number of nitrogens with zero attached hydrogens (tertiary/aromatic N) is 1. The van der Waals surface area contributed by atoms with Crippen LogP contribution in [0.5, 0.6) is 0 Å². The second-order valence-corrected chi connectivity index (χ2v) is 3.78. The Hall–Kier alpha value is -0.570. The summed E-state index contributed by atoms with van der Waals surface area (Å²) in [5.41, 5.74) is 5.78. The Balaban J connectivity index is 2.13. The molecule has 3 nitrogen and oxygen atoms in total. The van der Waals surface area contributed by atoms with Crippen LogP contribution in [0.15, 0.2) is 0 Å². The maximum Gasteiger partial charge on any atom is 0.239 e. The highest BCUT2D eigenvalue weighted by molar-refractivity contribution is 5.82. The van der Waals surface area contributed by atoms with Crippen LogP contribution in [0.1, 0.15) is 39.0 Å². The van der Waals surface area contributed by atoms with Crippen molar-refractivity contribution in [2.24, 2.45) is 5.73 Å². The van der Waals surface area contributed by atoms with Crippen LogP contribution in [-0.4, -0.2) is 29.9 Å². The summed E-state index contributed by atoms with van der Waals surface area (Å²) >= 11 is 0. The van der Waals surface area contributed by atoms with Gasteiger partial charge in [-0.2, -0.15) is 0 Å². The average molecular weight is 184 g/mol. The van der Waals surface area contributed by atoms with Gasteiger partial charge in [-0.3, -0.25) is 4.79 Å². The smallest absolute Gasteiger partial charge is 0.239 e. The van der Waals surface area contributed by atoms with Crippen LogP contribution in [-0.2, 0) is 4.79 Å². The van der Waals surface area contributed by atoms with Crippen LogP contribution >= 0.6 is 0 Å². The molecule has 1 aliphatic heterocycles. The summed E-state index contributed by atoms with van der Waals surface area (Å²) in [5, 5.41) is 0. The van der Waals surface area contributed by atoms with Crippen molar-refractivity contribution in [1.82, 2.24) is 4.90 Å². The maximum absolute atomic E-state index is 11.5. The number of carbonyl (C=O) groups excluding carboxylic acids is 1. The summed E-state index contributed by atoms with van der Waals surface area (Å²) in [4.78, 5) is 13.4. The van der Waals surface area contributed by atoms with Crippen molar-refractivity contribution in [2.45, 2.75) is 45.1 Å². The molecule has 13 heavy (non-hydrogen) atoms. The van der Waals surface area contributed by atoms with Crippen LogP contribution in [0.2, 0.25) is 0 Å². The van der Waals surface area contributed by atoms with Crippen LogP contribution in [0.3, 0.4) is 0 Å². The van der Waals surface area contributed by atoms with Crippen molar-refractivity contribution < 1.29 is 4.79 Å². The summed E-state index contributed by atoms with van der Waals surface area (Å²) in [5.74, 6) is 0.155. The monoisotopic (exact) mass is 184 g/mol. The van der Waals surface area contributed by atoms with Gasteiger partial charge in [0.2, 0.25) is 5.91 Å². The summed E-state index contributed by atoms with van der Waals surface area (Å²) in [6, 6.07) is -0.244. The molecule has 0 aromatic heterocycles. The van der Waals surface area contributed by atoms with Gasteiger partial charge in [-0.05, 0) is 12.8 Å². The fraction of sp³-hybridized carbons (Fsp3) is 0.900. The van der Waals surface area contributed by atoms with Gasteiger partial charge in [0.05, 0.1) is 6.04 Å². The highest BCUT2D eigenvalue weighted by atomic mass is 16.2. The molecule has 0 aliphatic carbocycles. The van der Waals surface area contributed by atoms with E-state index in [1.807, 2.05) is 4.90 Å². The number of hydrogen-bond acceptors (Lipinski definition) is 2. The van der Waals surface area contributed by atoms with Gasteiger partial charge in [0, 0.05) is 13.1 Å². The van der Waals surface area contributed by atoms with Gasteiger partial charge in [0.15, 0.2) is 0 Å². The van der Waals surface area contributed by atoms with E-state index >= 15 is 0 Å². The van der Waals surface area contributed by atoms with Gasteiger partial charge in [-0.25, -0.2) is 0 Å². The highest BCUT2D eigenvalue weighted by Gasteiger charge is 2.24. The van der Waals surface area contributed by atoms with Crippen molar-refractivity contribution in [3.8, 4) is 0 Å². The minimum absolute atomic E-state index is 0.155. The number of carbonyl (C=O) groups is 1. The Labute approximate surface area is 80.3 Å². The molecular weight excluding hydrogens is 164 g/mol. The van der Waals surface area contributed by atoms with Crippen molar-refractivity contribution in [3.63, 3.8) is 0 Å². The number of hydrogen-bond donors (Lipinski definition) is 1. The van der Waals surface area contributed by atoms with E-state index in [4.69, 9.17) is 5.73 Å². The van der Waals surface area contributed by atoms with Gasteiger partial charge in [0.25, 0.3) is 0 Å². The number of unbranched alkanes of at least 4 members (excludes halogenated alkanes) is 2. The molecule has 0 saturated carbocycles. The van der Waals surface area contributed by atoms with Gasteiger partial charge in [-0.15, -0.1) is 0 Å². The minimum Gasteiger partial charge on any atom is -0.341 e. The third kappa shape index (κ3) is 2.99. The van der Waals surface area contributed by atoms with Crippen LogP contribution in [0, 0.1) is 0 Å². The van der Waals surface area contributed by atoms with E-state index in [1.54, 1.807) is 0 Å². The lowest BCUT2D eigenvalue weighted by molar-refractivity contribution is -0.136. The van der Waals surface area contributed by atoms with Crippen molar-refractivity contribution in [2.75, 3.05) is 13.1 Å². The lowest BCUT2D eigenvalue weighted by atomic mass is 10.1. The molecule has 1 rings (SSSR count). The normalized spacial score (nSPS) is 18.2. The molecule has 1 amide bonds. The van der Waals surface area contributed by atoms with Gasteiger partial charge < -0.3 is 10.6 Å².